The van der Waals surface area contributed by atoms with E-state index in [2.05, 4.69) is 28.2 Å². The predicted octanol–water partition coefficient (Wildman–Crippen LogP) is 3.70. The van der Waals surface area contributed by atoms with E-state index in [1.54, 1.807) is 6.08 Å². The van der Waals surface area contributed by atoms with Gasteiger partial charge < -0.3 is 10.1 Å². The molecule has 1 fully saturated rings. The molecule has 1 aliphatic rings. The zero-order valence-electron chi connectivity index (χ0n) is 13.3. The Balaban J connectivity index is 1.75. The van der Waals surface area contributed by atoms with Crippen molar-refractivity contribution in [1.82, 2.24) is 5.32 Å². The fraction of sp³-hybridized carbons (Fsp3) is 0.444. The molecule has 0 aromatic heterocycles. The maximum absolute atomic E-state index is 11.9. The molecule has 0 saturated heterocycles. The maximum Gasteiger partial charge on any atom is 0.331 e. The van der Waals surface area contributed by atoms with Gasteiger partial charge in [0, 0.05) is 16.6 Å². The van der Waals surface area contributed by atoms with E-state index in [0.717, 1.165) is 29.3 Å². The Bertz CT molecular complexity index is 585. The number of hydrogen-bond acceptors (Lipinski definition) is 3. The van der Waals surface area contributed by atoms with Gasteiger partial charge in [0.25, 0.3) is 5.91 Å². The smallest absolute Gasteiger partial charge is 0.331 e. The molecule has 1 aliphatic carbocycles. The summed E-state index contributed by atoms with van der Waals surface area (Å²) in [4.78, 5) is 23.6. The molecule has 0 aliphatic heterocycles. The van der Waals surface area contributed by atoms with Gasteiger partial charge in [-0.05, 0) is 36.5 Å². The molecule has 124 valence electrons. The summed E-state index contributed by atoms with van der Waals surface area (Å²) in [6, 6.07) is 7.76. The number of carbonyl (C=O) groups is 2. The zero-order chi connectivity index (χ0) is 16.7. The zero-order valence-corrected chi connectivity index (χ0v) is 14.8. The molecular formula is C18H22BrNO3. The van der Waals surface area contributed by atoms with E-state index in [1.165, 1.54) is 12.5 Å². The van der Waals surface area contributed by atoms with E-state index in [0.29, 0.717) is 5.92 Å². The van der Waals surface area contributed by atoms with Gasteiger partial charge >= 0.3 is 5.97 Å². The third kappa shape index (κ3) is 5.82. The van der Waals surface area contributed by atoms with Crippen LogP contribution in [-0.2, 0) is 14.3 Å². The van der Waals surface area contributed by atoms with Crippen LogP contribution in [-0.4, -0.2) is 24.5 Å². The molecule has 1 N–H and O–H groups in total. The minimum atomic E-state index is -0.521. The van der Waals surface area contributed by atoms with Gasteiger partial charge in [-0.1, -0.05) is 53.9 Å². The summed E-state index contributed by atoms with van der Waals surface area (Å²) in [5, 5.41) is 2.96. The van der Waals surface area contributed by atoms with Crippen LogP contribution in [0, 0.1) is 5.92 Å². The van der Waals surface area contributed by atoms with Crippen molar-refractivity contribution in [2.45, 2.75) is 38.6 Å². The number of benzene rings is 1. The Morgan fingerprint density at radius 3 is 2.78 bits per heavy atom. The van der Waals surface area contributed by atoms with Crippen molar-refractivity contribution >= 4 is 33.9 Å². The summed E-state index contributed by atoms with van der Waals surface area (Å²) in [5.41, 5.74) is 0.880. The predicted molar refractivity (Wildman–Crippen MR) is 93.7 cm³/mol. The number of hydrogen-bond donors (Lipinski definition) is 1. The molecule has 1 amide bonds. The second-order valence-corrected chi connectivity index (χ2v) is 6.75. The van der Waals surface area contributed by atoms with Crippen molar-refractivity contribution in [3.63, 3.8) is 0 Å². The van der Waals surface area contributed by atoms with Gasteiger partial charge in [0.15, 0.2) is 6.61 Å². The lowest BCUT2D eigenvalue weighted by Crippen LogP contribution is -2.42. The Hall–Kier alpha value is -1.62. The second-order valence-electron chi connectivity index (χ2n) is 5.90. The van der Waals surface area contributed by atoms with E-state index in [4.69, 9.17) is 4.74 Å². The topological polar surface area (TPSA) is 55.4 Å². The molecule has 0 radical (unpaired) electrons. The third-order valence-corrected chi connectivity index (χ3v) is 4.83. The lowest BCUT2D eigenvalue weighted by atomic mass is 9.86. The highest BCUT2D eigenvalue weighted by molar-refractivity contribution is 9.10. The first-order valence-electron chi connectivity index (χ1n) is 7.95. The van der Waals surface area contributed by atoms with Crippen molar-refractivity contribution in [1.29, 1.82) is 0 Å². The van der Waals surface area contributed by atoms with Crippen molar-refractivity contribution in [2.75, 3.05) is 6.61 Å². The molecule has 1 saturated carbocycles. The van der Waals surface area contributed by atoms with Crippen molar-refractivity contribution in [2.24, 2.45) is 5.92 Å². The molecule has 0 spiro atoms. The molecule has 2 rings (SSSR count). The number of nitrogens with one attached hydrogen (secondary N) is 1. The largest absolute Gasteiger partial charge is 0.452 e. The van der Waals surface area contributed by atoms with Gasteiger partial charge in [0.2, 0.25) is 0 Å². The molecular weight excluding hydrogens is 358 g/mol. The molecule has 0 bridgehead atoms. The van der Waals surface area contributed by atoms with E-state index in [9.17, 15) is 9.59 Å². The van der Waals surface area contributed by atoms with E-state index < -0.39 is 5.97 Å². The Morgan fingerprint density at radius 2 is 2.04 bits per heavy atom. The number of rotatable bonds is 5. The summed E-state index contributed by atoms with van der Waals surface area (Å²) in [6.45, 7) is 1.92. The van der Waals surface area contributed by atoms with E-state index in [-0.39, 0.29) is 18.6 Å². The highest BCUT2D eigenvalue weighted by Gasteiger charge is 2.22. The maximum atomic E-state index is 11.9. The van der Waals surface area contributed by atoms with Crippen LogP contribution in [0.3, 0.4) is 0 Å². The van der Waals surface area contributed by atoms with Gasteiger partial charge in [-0.3, -0.25) is 4.79 Å². The molecule has 2 atom stereocenters. The molecule has 0 unspecified atom stereocenters. The van der Waals surface area contributed by atoms with Crippen LogP contribution in [0.5, 0.6) is 0 Å². The molecule has 1 aromatic carbocycles. The van der Waals surface area contributed by atoms with Gasteiger partial charge in [-0.15, -0.1) is 0 Å². The van der Waals surface area contributed by atoms with Gasteiger partial charge in [-0.25, -0.2) is 4.79 Å². The fourth-order valence-corrected chi connectivity index (χ4v) is 3.15. The minimum absolute atomic E-state index is 0.200. The minimum Gasteiger partial charge on any atom is -0.452 e. The highest BCUT2D eigenvalue weighted by atomic mass is 79.9. The summed E-state index contributed by atoms with van der Waals surface area (Å²) in [7, 11) is 0. The lowest BCUT2D eigenvalue weighted by molar-refractivity contribution is -0.144. The molecule has 0 heterocycles. The summed E-state index contributed by atoms with van der Waals surface area (Å²) in [6.07, 6.45) is 7.50. The Labute approximate surface area is 145 Å². The fourth-order valence-electron chi connectivity index (χ4n) is 2.73. The first-order chi connectivity index (χ1) is 11.1. The molecule has 23 heavy (non-hydrogen) atoms. The number of ether oxygens (including phenoxy) is 1. The van der Waals surface area contributed by atoms with Crippen LogP contribution in [0.25, 0.3) is 6.08 Å². The van der Waals surface area contributed by atoms with Gasteiger partial charge in [0.1, 0.15) is 0 Å². The van der Waals surface area contributed by atoms with Crippen LogP contribution in [0.4, 0.5) is 0 Å². The van der Waals surface area contributed by atoms with Gasteiger partial charge in [-0.2, -0.15) is 0 Å². The summed E-state index contributed by atoms with van der Waals surface area (Å²) >= 11 is 3.40. The lowest BCUT2D eigenvalue weighted by Gasteiger charge is -2.29. The second kappa shape index (κ2) is 8.87. The SMILES string of the molecule is C[C@@H]1CCCC[C@H]1NC(=O)COC(=O)/C=C/c1ccccc1Br. The average Bonchev–Trinajstić information content (AvgIpc) is 2.54. The third-order valence-electron chi connectivity index (χ3n) is 4.11. The quantitative estimate of drug-likeness (QED) is 0.626. The van der Waals surface area contributed by atoms with Crippen LogP contribution >= 0.6 is 15.9 Å². The summed E-state index contributed by atoms with van der Waals surface area (Å²) in [5.74, 6) is -0.266. The molecule has 1 aromatic rings. The summed E-state index contributed by atoms with van der Waals surface area (Å²) < 4.78 is 5.89. The number of halogens is 1. The molecule has 4 nitrogen and oxygen atoms in total. The van der Waals surface area contributed by atoms with E-state index >= 15 is 0 Å². The number of esters is 1. The van der Waals surface area contributed by atoms with Crippen molar-refractivity contribution < 1.29 is 14.3 Å². The Morgan fingerprint density at radius 1 is 1.30 bits per heavy atom. The average molecular weight is 380 g/mol. The van der Waals surface area contributed by atoms with Crippen LogP contribution in [0.15, 0.2) is 34.8 Å². The van der Waals surface area contributed by atoms with E-state index in [1.807, 2.05) is 24.3 Å². The van der Waals surface area contributed by atoms with Crippen molar-refractivity contribution in [3.05, 3.63) is 40.4 Å². The van der Waals surface area contributed by atoms with Crippen molar-refractivity contribution in [3.8, 4) is 0 Å². The van der Waals surface area contributed by atoms with Crippen LogP contribution in [0.2, 0.25) is 0 Å². The number of amides is 1. The first kappa shape index (κ1) is 17.7. The van der Waals surface area contributed by atoms with Crippen LogP contribution in [0.1, 0.15) is 38.2 Å². The van der Waals surface area contributed by atoms with Crippen LogP contribution < -0.4 is 5.32 Å². The Kier molecular flexibility index (Phi) is 6.84. The van der Waals surface area contributed by atoms with Gasteiger partial charge in [0.05, 0.1) is 0 Å². The molecule has 5 heteroatoms. The highest BCUT2D eigenvalue weighted by Crippen LogP contribution is 2.23. The normalized spacial score (nSPS) is 21.1. The monoisotopic (exact) mass is 379 g/mol. The standard InChI is InChI=1S/C18H22BrNO3/c1-13-6-2-5-9-16(13)20-17(21)12-23-18(22)11-10-14-7-3-4-8-15(14)19/h3-4,7-8,10-11,13,16H,2,5-6,9,12H2,1H3,(H,20,21)/b11-10+/t13-,16-/m1/s1. The number of carbonyl (C=O) groups excluding carboxylic acids is 2. The first-order valence-corrected chi connectivity index (χ1v) is 8.74.